The van der Waals surface area contributed by atoms with Gasteiger partial charge in [-0.2, -0.15) is 4.89 Å². The van der Waals surface area contributed by atoms with Crippen molar-refractivity contribution in [3.05, 3.63) is 0 Å². The van der Waals surface area contributed by atoms with Crippen LogP contribution in [0, 0.1) is 10.8 Å². The lowest BCUT2D eigenvalue weighted by atomic mass is 9.67. The summed E-state index contributed by atoms with van der Waals surface area (Å²) in [4.78, 5) is 21.4. The predicted molar refractivity (Wildman–Crippen MR) is 64.8 cm³/mol. The van der Waals surface area contributed by atoms with Gasteiger partial charge in [0.15, 0.2) is 0 Å². The number of carbonyl (C=O) groups excluding carboxylic acids is 1. The van der Waals surface area contributed by atoms with Crippen molar-refractivity contribution in [1.82, 2.24) is 0 Å². The van der Waals surface area contributed by atoms with Crippen LogP contribution >= 0.6 is 0 Å². The van der Waals surface area contributed by atoms with E-state index in [1.54, 1.807) is 0 Å². The number of rotatable bonds is 3. The van der Waals surface area contributed by atoms with Crippen LogP contribution in [0.3, 0.4) is 0 Å². The third kappa shape index (κ3) is 5.50. The van der Waals surface area contributed by atoms with Gasteiger partial charge in [-0.3, -0.25) is 4.89 Å². The maximum absolute atomic E-state index is 11.6. The Hall–Kier alpha value is -0.570. The van der Waals surface area contributed by atoms with Crippen molar-refractivity contribution < 1.29 is 14.6 Å². The highest BCUT2D eigenvalue weighted by Gasteiger charge is 2.35. The fourth-order valence-corrected chi connectivity index (χ4v) is 0.827. The molecule has 0 spiro atoms. The molecule has 3 nitrogen and oxygen atoms in total. The van der Waals surface area contributed by atoms with Gasteiger partial charge in [-0.1, -0.05) is 34.6 Å². The molecule has 0 aliphatic carbocycles. The van der Waals surface area contributed by atoms with Crippen LogP contribution in [0.1, 0.15) is 61.8 Å². The lowest BCUT2D eigenvalue weighted by Crippen LogP contribution is -2.33. The Labute approximate surface area is 99.4 Å². The molecule has 0 heterocycles. The van der Waals surface area contributed by atoms with Gasteiger partial charge in [0.05, 0.1) is 6.42 Å². The Morgan fingerprint density at radius 1 is 0.938 bits per heavy atom. The number of hydrogen-bond acceptors (Lipinski definition) is 3. The summed E-state index contributed by atoms with van der Waals surface area (Å²) in [7, 11) is 0. The van der Waals surface area contributed by atoms with E-state index in [1.165, 1.54) is 0 Å². The zero-order chi connectivity index (χ0) is 13.2. The molecule has 0 aromatic rings. The van der Waals surface area contributed by atoms with Crippen LogP contribution in [0.4, 0.5) is 0 Å². The maximum atomic E-state index is 11.6. The molecule has 16 heavy (non-hydrogen) atoms. The van der Waals surface area contributed by atoms with Crippen molar-refractivity contribution in [2.75, 3.05) is 0 Å². The maximum Gasteiger partial charge on any atom is 0.342 e. The van der Waals surface area contributed by atoms with Crippen molar-refractivity contribution in [1.29, 1.82) is 0 Å². The summed E-state index contributed by atoms with van der Waals surface area (Å²) in [6.45, 7) is 16.0. The highest BCUT2D eigenvalue weighted by Crippen LogP contribution is 2.40. The Kier molecular flexibility index (Phi) is 4.57. The molecule has 0 saturated heterocycles. The third-order valence-corrected chi connectivity index (χ3v) is 3.00. The third-order valence-electron chi connectivity index (χ3n) is 3.00. The zero-order valence-electron chi connectivity index (χ0n) is 11.9. The van der Waals surface area contributed by atoms with Gasteiger partial charge < -0.3 is 0 Å². The average molecular weight is 230 g/mol. The second kappa shape index (κ2) is 4.74. The fraction of sp³-hybridized carbons (Fsp3) is 0.923. The van der Waals surface area contributed by atoms with E-state index in [2.05, 4.69) is 34.6 Å². The Morgan fingerprint density at radius 2 is 1.38 bits per heavy atom. The lowest BCUT2D eigenvalue weighted by Gasteiger charge is -2.37. The van der Waals surface area contributed by atoms with Gasteiger partial charge in [0.25, 0.3) is 0 Å². The van der Waals surface area contributed by atoms with Crippen LogP contribution in [0.25, 0.3) is 0 Å². The van der Waals surface area contributed by atoms with E-state index < -0.39 is 5.60 Å². The molecule has 0 fully saturated rings. The summed E-state index contributed by atoms with van der Waals surface area (Å²) >= 11 is 0. The zero-order valence-corrected chi connectivity index (χ0v) is 11.9. The molecule has 0 rings (SSSR count). The molecule has 0 amide bonds. The lowest BCUT2D eigenvalue weighted by molar-refractivity contribution is -0.321. The van der Waals surface area contributed by atoms with E-state index in [0.717, 1.165) is 0 Å². The minimum atomic E-state index is -0.457. The van der Waals surface area contributed by atoms with Crippen molar-refractivity contribution in [3.8, 4) is 0 Å². The summed E-state index contributed by atoms with van der Waals surface area (Å²) in [5, 5.41) is 0. The SMILES string of the molecule is CC(C)(C)OOC(=O)CC(C)(C)C(C)(C)C. The van der Waals surface area contributed by atoms with Crippen molar-refractivity contribution >= 4 is 5.97 Å². The first-order chi connectivity index (χ1) is 6.85. The van der Waals surface area contributed by atoms with E-state index >= 15 is 0 Å². The smallest absolute Gasteiger partial charge is 0.298 e. The second-order valence-corrected chi connectivity index (χ2v) is 6.96. The molecule has 0 bridgehead atoms. The normalized spacial score (nSPS) is 13.8. The van der Waals surface area contributed by atoms with E-state index in [0.29, 0.717) is 6.42 Å². The van der Waals surface area contributed by atoms with Gasteiger partial charge in [0.1, 0.15) is 5.60 Å². The Bertz CT molecular complexity index is 241. The second-order valence-electron chi connectivity index (χ2n) is 6.96. The summed E-state index contributed by atoms with van der Waals surface area (Å²) in [6.07, 6.45) is 0.354. The summed E-state index contributed by atoms with van der Waals surface area (Å²) < 4.78 is 0. The molecule has 0 atom stereocenters. The first-order valence-electron chi connectivity index (χ1n) is 5.74. The molecule has 0 unspecified atom stereocenters. The van der Waals surface area contributed by atoms with Crippen LogP contribution in [0.5, 0.6) is 0 Å². The molecule has 0 aliphatic rings. The van der Waals surface area contributed by atoms with Gasteiger partial charge in [0, 0.05) is 0 Å². The van der Waals surface area contributed by atoms with Crippen LogP contribution in [-0.2, 0) is 14.6 Å². The molecule has 3 heteroatoms. The van der Waals surface area contributed by atoms with Gasteiger partial charge in [-0.05, 0) is 31.6 Å². The molecule has 0 aromatic heterocycles. The first kappa shape index (κ1) is 15.4. The summed E-state index contributed by atoms with van der Waals surface area (Å²) in [5.74, 6) is -0.310. The van der Waals surface area contributed by atoms with Gasteiger partial charge >= 0.3 is 5.97 Å². The average Bonchev–Trinajstić information content (AvgIpc) is 1.96. The summed E-state index contributed by atoms with van der Waals surface area (Å²) in [5.41, 5.74) is -0.527. The van der Waals surface area contributed by atoms with Gasteiger partial charge in [-0.15, -0.1) is 0 Å². The molecular formula is C13H26O3. The monoisotopic (exact) mass is 230 g/mol. The Morgan fingerprint density at radius 3 is 1.69 bits per heavy atom. The molecule has 96 valence electrons. The first-order valence-corrected chi connectivity index (χ1v) is 5.74. The minimum absolute atomic E-state index is 0.0494. The van der Waals surface area contributed by atoms with Crippen molar-refractivity contribution in [2.45, 2.75) is 67.4 Å². The van der Waals surface area contributed by atoms with Crippen LogP contribution in [0.15, 0.2) is 0 Å². The summed E-state index contributed by atoms with van der Waals surface area (Å²) in [6, 6.07) is 0. The number of carbonyl (C=O) groups is 1. The molecule has 0 N–H and O–H groups in total. The number of hydrogen-bond donors (Lipinski definition) is 0. The Balaban J connectivity index is 4.26. The van der Waals surface area contributed by atoms with Crippen LogP contribution < -0.4 is 0 Å². The molecule has 0 aliphatic heterocycles. The van der Waals surface area contributed by atoms with Crippen molar-refractivity contribution in [2.24, 2.45) is 10.8 Å². The predicted octanol–water partition coefficient (Wildman–Crippen LogP) is 3.72. The molecule has 0 saturated carbocycles. The molecule has 0 aromatic carbocycles. The quantitative estimate of drug-likeness (QED) is 0.547. The van der Waals surface area contributed by atoms with E-state index in [4.69, 9.17) is 9.78 Å². The van der Waals surface area contributed by atoms with Crippen LogP contribution in [-0.4, -0.2) is 11.6 Å². The molecular weight excluding hydrogens is 204 g/mol. The minimum Gasteiger partial charge on any atom is -0.298 e. The van der Waals surface area contributed by atoms with E-state index in [9.17, 15) is 4.79 Å². The fourth-order valence-electron chi connectivity index (χ4n) is 0.827. The van der Waals surface area contributed by atoms with Gasteiger partial charge in [-0.25, -0.2) is 4.79 Å². The highest BCUT2D eigenvalue weighted by atomic mass is 17.2. The highest BCUT2D eigenvalue weighted by molar-refractivity contribution is 5.69. The largest absolute Gasteiger partial charge is 0.342 e. The van der Waals surface area contributed by atoms with Gasteiger partial charge in [0.2, 0.25) is 0 Å². The molecule has 0 radical (unpaired) electrons. The topological polar surface area (TPSA) is 35.5 Å². The van der Waals surface area contributed by atoms with Crippen LogP contribution in [0.2, 0.25) is 0 Å². The van der Waals surface area contributed by atoms with Crippen molar-refractivity contribution in [3.63, 3.8) is 0 Å². The standard InChI is InChI=1S/C13H26O3/c1-11(2,3)13(7,8)9-10(14)15-16-12(4,5)6/h9H2,1-8H3. The van der Waals surface area contributed by atoms with E-state index in [-0.39, 0.29) is 16.8 Å². The van der Waals surface area contributed by atoms with E-state index in [1.807, 2.05) is 20.8 Å².